The lowest BCUT2D eigenvalue weighted by Gasteiger charge is -2.12. The van der Waals surface area contributed by atoms with Crippen LogP contribution >= 0.6 is 47.0 Å². The topological polar surface area (TPSA) is 41.9 Å². The summed E-state index contributed by atoms with van der Waals surface area (Å²) in [7, 11) is 0. The molecule has 27 heavy (non-hydrogen) atoms. The minimum atomic E-state index is 0.400. The second-order valence-corrected chi connectivity index (χ2v) is 7.75. The number of aryl methyl sites for hydroxylation is 2. The van der Waals surface area contributed by atoms with Crippen LogP contribution in [-0.4, -0.2) is 14.9 Å². The molecular weight excluding hydrogens is 423 g/mol. The molecule has 4 nitrogen and oxygen atoms in total. The van der Waals surface area contributed by atoms with E-state index in [9.17, 15) is 0 Å². The van der Waals surface area contributed by atoms with Crippen molar-refractivity contribution in [2.45, 2.75) is 20.4 Å². The molecule has 3 rings (SSSR count). The van der Waals surface area contributed by atoms with Crippen LogP contribution in [0.25, 0.3) is 0 Å². The predicted octanol–water partition coefficient (Wildman–Crippen LogP) is 6.32. The molecule has 0 bridgehead atoms. The summed E-state index contributed by atoms with van der Waals surface area (Å²) < 4.78 is 1.66. The Kier molecular flexibility index (Phi) is 6.27. The van der Waals surface area contributed by atoms with Crippen molar-refractivity contribution in [1.29, 1.82) is 0 Å². The fourth-order valence-corrected chi connectivity index (χ4v) is 3.54. The summed E-state index contributed by atoms with van der Waals surface area (Å²) in [6.07, 6.45) is 1.70. The van der Waals surface area contributed by atoms with Crippen LogP contribution in [0.3, 0.4) is 0 Å². The highest BCUT2D eigenvalue weighted by atomic mass is 35.5. The average Bonchev–Trinajstić information content (AvgIpc) is 2.93. The molecule has 0 atom stereocenters. The van der Waals surface area contributed by atoms with Gasteiger partial charge in [-0.05, 0) is 49.8 Å². The zero-order chi connectivity index (χ0) is 19.6. The van der Waals surface area contributed by atoms with E-state index >= 15 is 0 Å². The summed E-state index contributed by atoms with van der Waals surface area (Å²) in [5.74, 6) is 0.460. The van der Waals surface area contributed by atoms with Gasteiger partial charge in [0.05, 0.1) is 6.54 Å². The van der Waals surface area contributed by atoms with E-state index in [1.54, 1.807) is 29.1 Å². The van der Waals surface area contributed by atoms with Crippen LogP contribution in [0.2, 0.25) is 15.1 Å². The van der Waals surface area contributed by atoms with E-state index in [4.69, 9.17) is 47.0 Å². The van der Waals surface area contributed by atoms with Gasteiger partial charge in [0.25, 0.3) is 0 Å². The van der Waals surface area contributed by atoms with Crippen LogP contribution < -0.4 is 10.6 Å². The summed E-state index contributed by atoms with van der Waals surface area (Å²) in [4.78, 5) is 0. The van der Waals surface area contributed by atoms with Crippen LogP contribution in [-0.2, 0) is 6.54 Å². The monoisotopic (exact) mass is 438 g/mol. The Bertz CT molecular complexity index is 980. The molecular formula is C19H17Cl3N4S. The van der Waals surface area contributed by atoms with Crippen molar-refractivity contribution in [3.63, 3.8) is 0 Å². The Morgan fingerprint density at radius 3 is 2.41 bits per heavy atom. The summed E-state index contributed by atoms with van der Waals surface area (Å²) in [6, 6.07) is 11.5. The second-order valence-electron chi connectivity index (χ2n) is 6.12. The van der Waals surface area contributed by atoms with Crippen LogP contribution in [0.5, 0.6) is 0 Å². The molecule has 0 spiro atoms. The third kappa shape index (κ3) is 4.93. The summed E-state index contributed by atoms with van der Waals surface area (Å²) in [5.41, 5.74) is 4.00. The smallest absolute Gasteiger partial charge is 0.176 e. The third-order valence-corrected chi connectivity index (χ3v) is 5.15. The molecule has 0 amide bonds. The first-order valence-corrected chi connectivity index (χ1v) is 9.69. The average molecular weight is 440 g/mol. The Hall–Kier alpha value is -1.79. The highest BCUT2D eigenvalue weighted by Gasteiger charge is 2.12. The van der Waals surface area contributed by atoms with E-state index in [2.05, 4.69) is 21.8 Å². The molecule has 0 aliphatic rings. The normalized spacial score (nSPS) is 10.7. The number of nitrogens with zero attached hydrogens (tertiary/aromatic N) is 2. The Balaban J connectivity index is 1.72. The Morgan fingerprint density at radius 2 is 1.74 bits per heavy atom. The molecule has 0 saturated carbocycles. The first-order chi connectivity index (χ1) is 12.8. The van der Waals surface area contributed by atoms with Gasteiger partial charge in [0.1, 0.15) is 5.02 Å². The first-order valence-electron chi connectivity index (χ1n) is 8.14. The second kappa shape index (κ2) is 8.48. The number of hydrogen-bond acceptors (Lipinski definition) is 2. The lowest BCUT2D eigenvalue weighted by Crippen LogP contribution is -2.20. The fourth-order valence-electron chi connectivity index (χ4n) is 2.62. The Morgan fingerprint density at radius 1 is 1.04 bits per heavy atom. The zero-order valence-electron chi connectivity index (χ0n) is 14.7. The molecule has 0 saturated heterocycles. The summed E-state index contributed by atoms with van der Waals surface area (Å²) >= 11 is 24.1. The van der Waals surface area contributed by atoms with E-state index < -0.39 is 0 Å². The number of nitrogens with one attached hydrogen (secondary N) is 2. The maximum absolute atomic E-state index is 6.29. The largest absolute Gasteiger partial charge is 0.332 e. The van der Waals surface area contributed by atoms with Crippen molar-refractivity contribution >= 4 is 63.6 Å². The molecule has 3 aromatic rings. The minimum Gasteiger partial charge on any atom is -0.332 e. The molecule has 0 radical (unpaired) electrons. The molecule has 140 valence electrons. The molecule has 0 aliphatic heterocycles. The molecule has 0 fully saturated rings. The van der Waals surface area contributed by atoms with Crippen molar-refractivity contribution in [2.75, 3.05) is 10.6 Å². The number of aromatic nitrogens is 2. The van der Waals surface area contributed by atoms with Gasteiger partial charge in [0, 0.05) is 27.5 Å². The van der Waals surface area contributed by atoms with E-state index in [0.29, 0.717) is 32.5 Å². The number of benzene rings is 2. The molecule has 0 aliphatic carbocycles. The van der Waals surface area contributed by atoms with Crippen molar-refractivity contribution in [3.05, 3.63) is 74.4 Å². The van der Waals surface area contributed by atoms with Gasteiger partial charge in [-0.2, -0.15) is 5.10 Å². The van der Waals surface area contributed by atoms with Gasteiger partial charge in [-0.25, -0.2) is 0 Å². The van der Waals surface area contributed by atoms with Gasteiger partial charge < -0.3 is 10.6 Å². The standard InChI is InChI=1S/C19H17Cl3N4S/c1-11-6-7-17(12(2)8-11)23-19(27)24-18-16(22)10-26(25-18)9-13-14(20)4-3-5-15(13)21/h3-8,10H,9H2,1-2H3,(H2,23,24,25,27). The number of halogens is 3. The molecule has 1 aromatic heterocycles. The van der Waals surface area contributed by atoms with Gasteiger partial charge in [0.15, 0.2) is 10.9 Å². The quantitative estimate of drug-likeness (QED) is 0.467. The highest BCUT2D eigenvalue weighted by molar-refractivity contribution is 7.80. The van der Waals surface area contributed by atoms with Crippen LogP contribution in [0, 0.1) is 13.8 Å². The predicted molar refractivity (Wildman–Crippen MR) is 119 cm³/mol. The molecule has 0 unspecified atom stereocenters. The van der Waals surface area contributed by atoms with Crippen molar-refractivity contribution in [1.82, 2.24) is 9.78 Å². The van der Waals surface area contributed by atoms with Crippen molar-refractivity contribution < 1.29 is 0 Å². The molecule has 8 heteroatoms. The third-order valence-electron chi connectivity index (χ3n) is 3.96. The van der Waals surface area contributed by atoms with E-state index in [0.717, 1.165) is 16.8 Å². The molecule has 1 heterocycles. The van der Waals surface area contributed by atoms with Gasteiger partial charge >= 0.3 is 0 Å². The Labute approximate surface area is 178 Å². The molecule has 2 aromatic carbocycles. The maximum Gasteiger partial charge on any atom is 0.176 e. The lowest BCUT2D eigenvalue weighted by atomic mass is 10.1. The fraction of sp³-hybridized carbons (Fsp3) is 0.158. The van der Waals surface area contributed by atoms with E-state index in [-0.39, 0.29) is 0 Å². The van der Waals surface area contributed by atoms with Crippen molar-refractivity contribution in [2.24, 2.45) is 0 Å². The number of thiocarbonyl (C=S) groups is 1. The number of anilines is 2. The number of hydrogen-bond donors (Lipinski definition) is 2. The summed E-state index contributed by atoms with van der Waals surface area (Å²) in [5, 5.41) is 12.6. The minimum absolute atomic E-state index is 0.400. The maximum atomic E-state index is 6.29. The van der Waals surface area contributed by atoms with Crippen molar-refractivity contribution in [3.8, 4) is 0 Å². The highest BCUT2D eigenvalue weighted by Crippen LogP contribution is 2.27. The number of rotatable bonds is 4. The molecule has 2 N–H and O–H groups in total. The van der Waals surface area contributed by atoms with Crippen LogP contribution in [0.15, 0.2) is 42.6 Å². The van der Waals surface area contributed by atoms with E-state index in [1.807, 2.05) is 26.0 Å². The first kappa shape index (κ1) is 20.0. The van der Waals surface area contributed by atoms with Gasteiger partial charge in [-0.15, -0.1) is 0 Å². The van der Waals surface area contributed by atoms with Crippen LogP contribution in [0.4, 0.5) is 11.5 Å². The van der Waals surface area contributed by atoms with E-state index in [1.165, 1.54) is 5.56 Å². The SMILES string of the molecule is Cc1ccc(NC(=S)Nc2nn(Cc3c(Cl)cccc3Cl)cc2Cl)c(C)c1. The van der Waals surface area contributed by atoms with Gasteiger partial charge in [0.2, 0.25) is 0 Å². The van der Waals surface area contributed by atoms with Crippen LogP contribution in [0.1, 0.15) is 16.7 Å². The van der Waals surface area contributed by atoms with Gasteiger partial charge in [-0.3, -0.25) is 4.68 Å². The lowest BCUT2D eigenvalue weighted by molar-refractivity contribution is 0.690. The van der Waals surface area contributed by atoms with Gasteiger partial charge in [-0.1, -0.05) is 58.6 Å². The summed E-state index contributed by atoms with van der Waals surface area (Å²) in [6.45, 7) is 4.47. The zero-order valence-corrected chi connectivity index (χ0v) is 17.8.